The standard InChI is InChI=1S/C6H10N4S/c1-3-10-4(2)5(6(7)11)8-9-10/h3H2,1-2H3,(H2,7,11). The van der Waals surface area contributed by atoms with Crippen molar-refractivity contribution in [3.8, 4) is 0 Å². The molecule has 60 valence electrons. The Morgan fingerprint density at radius 2 is 2.36 bits per heavy atom. The van der Waals surface area contributed by atoms with Gasteiger partial charge in [-0.15, -0.1) is 5.10 Å². The first kappa shape index (κ1) is 8.13. The van der Waals surface area contributed by atoms with E-state index in [1.54, 1.807) is 4.68 Å². The van der Waals surface area contributed by atoms with Gasteiger partial charge in [-0.25, -0.2) is 4.68 Å². The molecule has 1 rings (SSSR count). The third-order valence-corrected chi connectivity index (χ3v) is 1.71. The minimum absolute atomic E-state index is 0.308. The first-order chi connectivity index (χ1) is 5.16. The number of hydrogen-bond acceptors (Lipinski definition) is 3. The molecule has 0 atom stereocenters. The van der Waals surface area contributed by atoms with E-state index in [1.807, 2.05) is 13.8 Å². The average molecular weight is 170 g/mol. The number of hydrogen-bond donors (Lipinski definition) is 1. The second-order valence-electron chi connectivity index (χ2n) is 2.20. The molecule has 0 aliphatic heterocycles. The Morgan fingerprint density at radius 1 is 1.73 bits per heavy atom. The number of nitrogens with two attached hydrogens (primary N) is 1. The number of nitrogens with zero attached hydrogens (tertiary/aromatic N) is 3. The Hall–Kier alpha value is -0.970. The molecule has 4 nitrogen and oxygen atoms in total. The van der Waals surface area contributed by atoms with Crippen LogP contribution < -0.4 is 5.73 Å². The summed E-state index contributed by atoms with van der Waals surface area (Å²) in [6.07, 6.45) is 0. The predicted molar refractivity (Wildman–Crippen MR) is 46.3 cm³/mol. The van der Waals surface area contributed by atoms with E-state index in [9.17, 15) is 0 Å². The first-order valence-electron chi connectivity index (χ1n) is 3.36. The molecule has 0 spiro atoms. The third-order valence-electron chi connectivity index (χ3n) is 1.52. The molecular formula is C6H10N4S. The molecule has 1 heterocycles. The Labute approximate surface area is 70.4 Å². The lowest BCUT2D eigenvalue weighted by Gasteiger charge is -1.96. The number of aromatic nitrogens is 3. The van der Waals surface area contributed by atoms with Crippen molar-refractivity contribution in [2.45, 2.75) is 20.4 Å². The molecule has 0 saturated carbocycles. The van der Waals surface area contributed by atoms with Gasteiger partial charge in [0.25, 0.3) is 0 Å². The molecule has 5 heteroatoms. The highest BCUT2D eigenvalue weighted by atomic mass is 32.1. The zero-order valence-corrected chi connectivity index (χ0v) is 7.35. The summed E-state index contributed by atoms with van der Waals surface area (Å²) in [6, 6.07) is 0. The van der Waals surface area contributed by atoms with Gasteiger partial charge in [-0.3, -0.25) is 0 Å². The molecule has 1 aromatic rings. The minimum atomic E-state index is 0.308. The fourth-order valence-electron chi connectivity index (χ4n) is 0.888. The molecule has 0 unspecified atom stereocenters. The van der Waals surface area contributed by atoms with Crippen LogP contribution in [0, 0.1) is 6.92 Å². The molecule has 0 aliphatic rings. The van der Waals surface area contributed by atoms with Crippen LogP contribution in [-0.4, -0.2) is 20.0 Å². The van der Waals surface area contributed by atoms with Crippen LogP contribution >= 0.6 is 12.2 Å². The van der Waals surface area contributed by atoms with Gasteiger partial charge in [-0.1, -0.05) is 17.4 Å². The van der Waals surface area contributed by atoms with Crippen LogP contribution in [0.5, 0.6) is 0 Å². The molecular weight excluding hydrogens is 160 g/mol. The molecule has 0 aromatic carbocycles. The van der Waals surface area contributed by atoms with Crippen molar-refractivity contribution < 1.29 is 0 Å². The summed E-state index contributed by atoms with van der Waals surface area (Å²) in [5, 5.41) is 7.69. The zero-order chi connectivity index (χ0) is 8.43. The summed E-state index contributed by atoms with van der Waals surface area (Å²) >= 11 is 4.77. The Bertz CT molecular complexity index is 278. The molecule has 0 fully saturated rings. The lowest BCUT2D eigenvalue weighted by atomic mass is 10.3. The summed E-state index contributed by atoms with van der Waals surface area (Å²) in [6.45, 7) is 4.68. The summed E-state index contributed by atoms with van der Waals surface area (Å²) < 4.78 is 1.76. The van der Waals surface area contributed by atoms with Gasteiger partial charge in [-0.2, -0.15) is 0 Å². The number of rotatable bonds is 2. The molecule has 2 N–H and O–H groups in total. The minimum Gasteiger partial charge on any atom is -0.388 e. The highest BCUT2D eigenvalue weighted by molar-refractivity contribution is 7.80. The fraction of sp³-hybridized carbons (Fsp3) is 0.500. The molecule has 0 amide bonds. The van der Waals surface area contributed by atoms with Crippen LogP contribution in [0.1, 0.15) is 18.3 Å². The molecule has 1 aromatic heterocycles. The lowest BCUT2D eigenvalue weighted by Crippen LogP contribution is -2.12. The van der Waals surface area contributed by atoms with Crippen molar-refractivity contribution in [2.75, 3.05) is 0 Å². The second kappa shape index (κ2) is 2.96. The average Bonchev–Trinajstić information content (AvgIpc) is 2.30. The Kier molecular flexibility index (Phi) is 2.19. The molecule has 0 saturated heterocycles. The second-order valence-corrected chi connectivity index (χ2v) is 2.64. The van der Waals surface area contributed by atoms with Gasteiger partial charge in [0.15, 0.2) is 0 Å². The maximum atomic E-state index is 5.40. The van der Waals surface area contributed by atoms with E-state index < -0.39 is 0 Å². The molecule has 0 bridgehead atoms. The smallest absolute Gasteiger partial charge is 0.142 e. The van der Waals surface area contributed by atoms with E-state index in [0.717, 1.165) is 12.2 Å². The maximum Gasteiger partial charge on any atom is 0.142 e. The third kappa shape index (κ3) is 1.37. The maximum absolute atomic E-state index is 5.40. The zero-order valence-electron chi connectivity index (χ0n) is 6.53. The van der Waals surface area contributed by atoms with Gasteiger partial charge < -0.3 is 5.73 Å². The molecule has 11 heavy (non-hydrogen) atoms. The largest absolute Gasteiger partial charge is 0.388 e. The predicted octanol–water partition coefficient (Wildman–Crippen LogP) is 0.241. The van der Waals surface area contributed by atoms with E-state index in [-0.39, 0.29) is 0 Å². The Balaban J connectivity index is 3.10. The van der Waals surface area contributed by atoms with Crippen LogP contribution in [0.4, 0.5) is 0 Å². The van der Waals surface area contributed by atoms with Crippen LogP contribution in [0.25, 0.3) is 0 Å². The highest BCUT2D eigenvalue weighted by Gasteiger charge is 2.08. The summed E-state index contributed by atoms with van der Waals surface area (Å²) in [5.41, 5.74) is 6.96. The van der Waals surface area contributed by atoms with Gasteiger partial charge in [-0.05, 0) is 13.8 Å². The highest BCUT2D eigenvalue weighted by Crippen LogP contribution is 2.02. The topological polar surface area (TPSA) is 56.7 Å². The molecule has 0 radical (unpaired) electrons. The lowest BCUT2D eigenvalue weighted by molar-refractivity contribution is 0.611. The van der Waals surface area contributed by atoms with E-state index in [0.29, 0.717) is 10.7 Å². The van der Waals surface area contributed by atoms with Crippen molar-refractivity contribution in [2.24, 2.45) is 5.73 Å². The van der Waals surface area contributed by atoms with E-state index in [4.69, 9.17) is 18.0 Å². The van der Waals surface area contributed by atoms with Gasteiger partial charge in [0, 0.05) is 6.54 Å². The van der Waals surface area contributed by atoms with Gasteiger partial charge in [0.2, 0.25) is 0 Å². The van der Waals surface area contributed by atoms with Crippen molar-refractivity contribution in [1.29, 1.82) is 0 Å². The number of thiocarbonyl (C=S) groups is 1. The molecule has 0 aliphatic carbocycles. The summed E-state index contributed by atoms with van der Waals surface area (Å²) in [5.74, 6) is 0. The van der Waals surface area contributed by atoms with E-state index in [2.05, 4.69) is 10.3 Å². The quantitative estimate of drug-likeness (QED) is 0.646. The fourth-order valence-corrected chi connectivity index (χ4v) is 1.08. The van der Waals surface area contributed by atoms with E-state index >= 15 is 0 Å². The van der Waals surface area contributed by atoms with Gasteiger partial charge >= 0.3 is 0 Å². The van der Waals surface area contributed by atoms with Gasteiger partial charge in [0.1, 0.15) is 10.7 Å². The monoisotopic (exact) mass is 170 g/mol. The number of aryl methyl sites for hydroxylation is 1. The Morgan fingerprint density at radius 3 is 2.64 bits per heavy atom. The van der Waals surface area contributed by atoms with Crippen LogP contribution in [0.3, 0.4) is 0 Å². The van der Waals surface area contributed by atoms with E-state index in [1.165, 1.54) is 0 Å². The van der Waals surface area contributed by atoms with Crippen molar-refractivity contribution >= 4 is 17.2 Å². The van der Waals surface area contributed by atoms with Crippen molar-refractivity contribution in [3.63, 3.8) is 0 Å². The van der Waals surface area contributed by atoms with Crippen LogP contribution in [0.15, 0.2) is 0 Å². The van der Waals surface area contributed by atoms with Crippen molar-refractivity contribution in [3.05, 3.63) is 11.4 Å². The summed E-state index contributed by atoms with van der Waals surface area (Å²) in [7, 11) is 0. The van der Waals surface area contributed by atoms with Crippen molar-refractivity contribution in [1.82, 2.24) is 15.0 Å². The van der Waals surface area contributed by atoms with Crippen LogP contribution in [0.2, 0.25) is 0 Å². The SMILES string of the molecule is CCn1nnc(C(N)=S)c1C. The normalized spacial score (nSPS) is 10.0. The van der Waals surface area contributed by atoms with Crippen LogP contribution in [-0.2, 0) is 6.54 Å². The summed E-state index contributed by atoms with van der Waals surface area (Å²) in [4.78, 5) is 0.308. The van der Waals surface area contributed by atoms with Gasteiger partial charge in [0.05, 0.1) is 5.69 Å². The first-order valence-corrected chi connectivity index (χ1v) is 3.77.